The lowest BCUT2D eigenvalue weighted by Crippen LogP contribution is -2.61. The quantitative estimate of drug-likeness (QED) is 0.631. The molecule has 0 amide bonds. The summed E-state index contributed by atoms with van der Waals surface area (Å²) in [5.74, 6) is 1.33. The molecule has 2 saturated heterocycles. The molecule has 5 nitrogen and oxygen atoms in total. The highest BCUT2D eigenvalue weighted by molar-refractivity contribution is 5.91. The summed E-state index contributed by atoms with van der Waals surface area (Å²) in [5.41, 5.74) is 0.520. The summed E-state index contributed by atoms with van der Waals surface area (Å²) in [7, 11) is 0. The minimum atomic E-state index is -0.733. The highest BCUT2D eigenvalue weighted by Crippen LogP contribution is 2.71. The van der Waals surface area contributed by atoms with Gasteiger partial charge in [0.15, 0.2) is 11.6 Å². The van der Waals surface area contributed by atoms with Crippen molar-refractivity contribution < 1.29 is 24.2 Å². The van der Waals surface area contributed by atoms with Crippen LogP contribution in [0.5, 0.6) is 0 Å². The number of aliphatic hydroxyl groups excluding tert-OH is 1. The molecule has 2 aliphatic heterocycles. The number of aliphatic hydroxyl groups is 1. The number of carbonyl (C=O) groups is 2. The highest BCUT2D eigenvalue weighted by atomic mass is 16.7. The van der Waals surface area contributed by atoms with Gasteiger partial charge in [0.2, 0.25) is 0 Å². The monoisotopic (exact) mass is 456 g/mol. The second kappa shape index (κ2) is 7.24. The van der Waals surface area contributed by atoms with E-state index < -0.39 is 17.3 Å². The fourth-order valence-electron chi connectivity index (χ4n) is 9.81. The van der Waals surface area contributed by atoms with Crippen molar-refractivity contribution in [1.29, 1.82) is 0 Å². The SMILES string of the molecule is CC(=O)C12C(O)CC3C(CCC4=CC(=O)CCC43C)C1CC1OC3(CCC(C)CO3)C(C)C12. The number of hydrogen-bond acceptors (Lipinski definition) is 5. The summed E-state index contributed by atoms with van der Waals surface area (Å²) < 4.78 is 13.1. The first-order chi connectivity index (χ1) is 15.6. The number of carbonyl (C=O) groups excluding carboxylic acids is 2. The summed E-state index contributed by atoms with van der Waals surface area (Å²) in [6.45, 7) is 9.17. The van der Waals surface area contributed by atoms with Crippen LogP contribution < -0.4 is 0 Å². The molecule has 6 rings (SSSR count). The van der Waals surface area contributed by atoms with E-state index in [0.717, 1.165) is 38.5 Å². The van der Waals surface area contributed by atoms with Crippen molar-refractivity contribution in [3.63, 3.8) is 0 Å². The van der Waals surface area contributed by atoms with E-state index in [4.69, 9.17) is 9.47 Å². The Morgan fingerprint density at radius 2 is 1.91 bits per heavy atom. The van der Waals surface area contributed by atoms with E-state index in [1.807, 2.05) is 6.08 Å². The zero-order valence-electron chi connectivity index (χ0n) is 20.6. The van der Waals surface area contributed by atoms with Crippen LogP contribution in [0, 0.1) is 46.3 Å². The molecule has 6 aliphatic rings. The number of Topliss-reactive ketones (excluding diaryl/α,β-unsaturated/α-hetero) is 1. The molecule has 5 heteroatoms. The van der Waals surface area contributed by atoms with E-state index in [2.05, 4.69) is 20.8 Å². The molecule has 5 fully saturated rings. The van der Waals surface area contributed by atoms with E-state index in [9.17, 15) is 14.7 Å². The van der Waals surface area contributed by atoms with Gasteiger partial charge in [-0.25, -0.2) is 0 Å². The van der Waals surface area contributed by atoms with Gasteiger partial charge in [-0.05, 0) is 80.6 Å². The Labute approximate surface area is 197 Å². The molecule has 0 aromatic rings. The van der Waals surface area contributed by atoms with Gasteiger partial charge in [0.25, 0.3) is 0 Å². The van der Waals surface area contributed by atoms with Crippen molar-refractivity contribution in [2.24, 2.45) is 46.3 Å². The maximum absolute atomic E-state index is 13.6. The van der Waals surface area contributed by atoms with Crippen molar-refractivity contribution in [3.05, 3.63) is 11.6 Å². The lowest BCUT2D eigenvalue weighted by atomic mass is 9.44. The summed E-state index contributed by atoms with van der Waals surface area (Å²) in [6, 6.07) is 0. The molecular formula is C28H40O5. The number of hydrogen-bond donors (Lipinski definition) is 1. The Morgan fingerprint density at radius 1 is 1.12 bits per heavy atom. The second-order valence-corrected chi connectivity index (χ2v) is 12.7. The minimum Gasteiger partial charge on any atom is -0.392 e. The lowest BCUT2D eigenvalue weighted by Gasteiger charge is -2.60. The van der Waals surface area contributed by atoms with Crippen LogP contribution in [-0.4, -0.2) is 41.3 Å². The van der Waals surface area contributed by atoms with E-state index in [0.29, 0.717) is 37.2 Å². The number of fused-ring (bicyclic) bond motifs is 7. The summed E-state index contributed by atoms with van der Waals surface area (Å²) in [5, 5.41) is 11.9. The molecule has 33 heavy (non-hydrogen) atoms. The zero-order chi connectivity index (χ0) is 23.3. The molecule has 0 aromatic carbocycles. The predicted octanol–water partition coefficient (Wildman–Crippen LogP) is 4.46. The molecule has 3 saturated carbocycles. The molecule has 0 bridgehead atoms. The molecule has 1 spiro atoms. The van der Waals surface area contributed by atoms with E-state index in [1.54, 1.807) is 6.92 Å². The number of rotatable bonds is 1. The van der Waals surface area contributed by atoms with Crippen LogP contribution in [0.2, 0.25) is 0 Å². The molecule has 1 N–H and O–H groups in total. The first-order valence-corrected chi connectivity index (χ1v) is 13.4. The van der Waals surface area contributed by atoms with Crippen molar-refractivity contribution in [3.8, 4) is 0 Å². The Balaban J connectivity index is 1.38. The van der Waals surface area contributed by atoms with Gasteiger partial charge < -0.3 is 14.6 Å². The number of ketones is 2. The third-order valence-electron chi connectivity index (χ3n) is 11.4. The van der Waals surface area contributed by atoms with Crippen LogP contribution in [0.25, 0.3) is 0 Å². The minimum absolute atomic E-state index is 0.0158. The lowest BCUT2D eigenvalue weighted by molar-refractivity contribution is -0.273. The van der Waals surface area contributed by atoms with Gasteiger partial charge in [-0.2, -0.15) is 0 Å². The highest BCUT2D eigenvalue weighted by Gasteiger charge is 2.74. The maximum Gasteiger partial charge on any atom is 0.171 e. The Hall–Kier alpha value is -1.04. The molecular weight excluding hydrogens is 416 g/mol. The van der Waals surface area contributed by atoms with Gasteiger partial charge in [-0.15, -0.1) is 0 Å². The van der Waals surface area contributed by atoms with E-state index in [1.165, 1.54) is 5.57 Å². The van der Waals surface area contributed by atoms with Crippen molar-refractivity contribution >= 4 is 11.6 Å². The first kappa shape index (κ1) is 22.4. The van der Waals surface area contributed by atoms with Gasteiger partial charge in [0.1, 0.15) is 5.78 Å². The van der Waals surface area contributed by atoms with Crippen LogP contribution in [0.3, 0.4) is 0 Å². The first-order valence-electron chi connectivity index (χ1n) is 13.4. The largest absolute Gasteiger partial charge is 0.392 e. The second-order valence-electron chi connectivity index (χ2n) is 12.7. The molecule has 0 radical (unpaired) electrons. The van der Waals surface area contributed by atoms with Crippen molar-refractivity contribution in [2.75, 3.05) is 6.61 Å². The summed E-state index contributed by atoms with van der Waals surface area (Å²) in [6.07, 6.45) is 8.13. The van der Waals surface area contributed by atoms with Crippen molar-refractivity contribution in [1.82, 2.24) is 0 Å². The van der Waals surface area contributed by atoms with E-state index >= 15 is 0 Å². The third kappa shape index (κ3) is 2.76. The van der Waals surface area contributed by atoms with E-state index in [-0.39, 0.29) is 40.8 Å². The number of allylic oxidation sites excluding steroid dienone is 1. The Bertz CT molecular complexity index is 900. The molecule has 0 aromatic heterocycles. The maximum atomic E-state index is 13.6. The van der Waals surface area contributed by atoms with Gasteiger partial charge in [0.05, 0.1) is 24.2 Å². The van der Waals surface area contributed by atoms with Gasteiger partial charge in [-0.1, -0.05) is 26.3 Å². The van der Waals surface area contributed by atoms with Gasteiger partial charge >= 0.3 is 0 Å². The Kier molecular flexibility index (Phi) is 4.92. The molecule has 11 unspecified atom stereocenters. The van der Waals surface area contributed by atoms with Crippen LogP contribution in [0.15, 0.2) is 11.6 Å². The molecule has 182 valence electrons. The van der Waals surface area contributed by atoms with Crippen molar-refractivity contribution in [2.45, 2.75) is 97.1 Å². The topological polar surface area (TPSA) is 72.8 Å². The van der Waals surface area contributed by atoms with Gasteiger partial charge in [0, 0.05) is 24.7 Å². The normalized spacial score (nSPS) is 55.4. The summed E-state index contributed by atoms with van der Waals surface area (Å²) in [4.78, 5) is 25.7. The standard InChI is InChI=1S/C28H40O5/c1-15-7-10-27(32-14-15)16(2)25-23(33-27)12-22-20-6-5-18-11-19(30)8-9-26(18,4)21(20)13-24(31)28(22,25)17(3)29/h11,15-16,20-25,31H,5-10,12-14H2,1-4H3. The van der Waals surface area contributed by atoms with Crippen LogP contribution in [0.1, 0.15) is 79.1 Å². The van der Waals surface area contributed by atoms with Crippen LogP contribution in [0.4, 0.5) is 0 Å². The van der Waals surface area contributed by atoms with Crippen LogP contribution in [-0.2, 0) is 19.1 Å². The van der Waals surface area contributed by atoms with Crippen LogP contribution >= 0.6 is 0 Å². The smallest absolute Gasteiger partial charge is 0.171 e. The van der Waals surface area contributed by atoms with Gasteiger partial charge in [-0.3, -0.25) is 9.59 Å². The molecule has 4 aliphatic carbocycles. The predicted molar refractivity (Wildman–Crippen MR) is 123 cm³/mol. The average Bonchev–Trinajstić information content (AvgIpc) is 3.24. The summed E-state index contributed by atoms with van der Waals surface area (Å²) >= 11 is 0. The zero-order valence-corrected chi connectivity index (χ0v) is 20.6. The molecule has 2 heterocycles. The molecule has 11 atom stereocenters. The number of ether oxygens (including phenoxy) is 2. The fourth-order valence-corrected chi connectivity index (χ4v) is 9.81. The third-order valence-corrected chi connectivity index (χ3v) is 11.4. The average molecular weight is 457 g/mol. The Morgan fingerprint density at radius 3 is 2.61 bits per heavy atom. The fraction of sp³-hybridized carbons (Fsp3) is 0.857.